The topological polar surface area (TPSA) is 30.5 Å². The van der Waals surface area contributed by atoms with E-state index in [1.54, 1.807) is 0 Å². The van der Waals surface area contributed by atoms with Gasteiger partial charge in [0, 0.05) is 19.8 Å². The number of rotatable bonds is 6. The number of benzene rings is 1. The maximum absolute atomic E-state index is 5.92. The number of hydrogen-bond donors (Lipinski definition) is 1. The fourth-order valence-electron chi connectivity index (χ4n) is 2.57. The van der Waals surface area contributed by atoms with Crippen molar-refractivity contribution < 1.29 is 9.47 Å². The van der Waals surface area contributed by atoms with Crippen molar-refractivity contribution in [1.82, 2.24) is 5.32 Å². The Kier molecular flexibility index (Phi) is 5.83. The Morgan fingerprint density at radius 2 is 2.05 bits per heavy atom. The van der Waals surface area contributed by atoms with Gasteiger partial charge in [-0.1, -0.05) is 24.3 Å². The second-order valence-electron chi connectivity index (χ2n) is 5.29. The average Bonchev–Trinajstić information content (AvgIpc) is 2.46. The van der Waals surface area contributed by atoms with Crippen molar-refractivity contribution in [2.45, 2.75) is 25.8 Å². The molecule has 106 valence electrons. The van der Waals surface area contributed by atoms with E-state index >= 15 is 0 Å². The monoisotopic (exact) mass is 263 g/mol. The van der Waals surface area contributed by atoms with Gasteiger partial charge in [0.1, 0.15) is 0 Å². The normalized spacial score (nSPS) is 18.4. The van der Waals surface area contributed by atoms with E-state index in [1.807, 2.05) is 7.05 Å². The van der Waals surface area contributed by atoms with Gasteiger partial charge in [0.05, 0.1) is 12.6 Å². The van der Waals surface area contributed by atoms with Crippen molar-refractivity contribution in [3.8, 4) is 0 Å². The standard InChI is InChI=1S/C16H25NO2/c1-13-5-3-4-6-15(13)16(17-2)12-19-11-14-7-9-18-10-8-14/h3-6,14,16-17H,7-12H2,1-2H3. The highest BCUT2D eigenvalue weighted by molar-refractivity contribution is 5.28. The Bertz CT molecular complexity index is 375. The number of hydrogen-bond acceptors (Lipinski definition) is 3. The van der Waals surface area contributed by atoms with Crippen LogP contribution in [-0.2, 0) is 9.47 Å². The van der Waals surface area contributed by atoms with Crippen molar-refractivity contribution >= 4 is 0 Å². The lowest BCUT2D eigenvalue weighted by molar-refractivity contribution is 0.0156. The molecule has 1 aromatic carbocycles. The summed E-state index contributed by atoms with van der Waals surface area (Å²) in [5.74, 6) is 0.670. The molecule has 1 N–H and O–H groups in total. The van der Waals surface area contributed by atoms with Crippen LogP contribution < -0.4 is 5.32 Å². The fraction of sp³-hybridized carbons (Fsp3) is 0.625. The van der Waals surface area contributed by atoms with Gasteiger partial charge in [-0.25, -0.2) is 0 Å². The first kappa shape index (κ1) is 14.5. The fourth-order valence-corrected chi connectivity index (χ4v) is 2.57. The second-order valence-corrected chi connectivity index (χ2v) is 5.29. The predicted molar refractivity (Wildman–Crippen MR) is 77.3 cm³/mol. The van der Waals surface area contributed by atoms with Crippen LogP contribution in [0.5, 0.6) is 0 Å². The van der Waals surface area contributed by atoms with Crippen molar-refractivity contribution in [1.29, 1.82) is 0 Å². The third-order valence-electron chi connectivity index (χ3n) is 3.89. The van der Waals surface area contributed by atoms with E-state index in [0.29, 0.717) is 5.92 Å². The lowest BCUT2D eigenvalue weighted by Gasteiger charge is -2.24. The highest BCUT2D eigenvalue weighted by atomic mass is 16.5. The maximum atomic E-state index is 5.92. The van der Waals surface area contributed by atoms with Gasteiger partial charge < -0.3 is 14.8 Å². The van der Waals surface area contributed by atoms with E-state index in [4.69, 9.17) is 9.47 Å². The van der Waals surface area contributed by atoms with Gasteiger partial charge in [0.15, 0.2) is 0 Å². The first-order valence-corrected chi connectivity index (χ1v) is 7.19. The summed E-state index contributed by atoms with van der Waals surface area (Å²) in [5, 5.41) is 3.35. The number of aryl methyl sites for hydroxylation is 1. The van der Waals surface area contributed by atoms with E-state index < -0.39 is 0 Å². The van der Waals surface area contributed by atoms with Crippen LogP contribution in [-0.4, -0.2) is 33.5 Å². The van der Waals surface area contributed by atoms with E-state index in [0.717, 1.165) is 39.3 Å². The zero-order valence-electron chi connectivity index (χ0n) is 12.0. The van der Waals surface area contributed by atoms with Crippen molar-refractivity contribution in [3.05, 3.63) is 35.4 Å². The molecule has 19 heavy (non-hydrogen) atoms. The van der Waals surface area contributed by atoms with E-state index in [-0.39, 0.29) is 6.04 Å². The zero-order chi connectivity index (χ0) is 13.5. The average molecular weight is 263 g/mol. The molecule has 1 heterocycles. The van der Waals surface area contributed by atoms with Gasteiger partial charge in [-0.15, -0.1) is 0 Å². The van der Waals surface area contributed by atoms with Crippen LogP contribution in [0.3, 0.4) is 0 Å². The molecule has 1 aromatic rings. The predicted octanol–water partition coefficient (Wildman–Crippen LogP) is 2.70. The lowest BCUT2D eigenvalue weighted by atomic mass is 10.0. The van der Waals surface area contributed by atoms with Gasteiger partial charge in [-0.3, -0.25) is 0 Å². The van der Waals surface area contributed by atoms with Crippen molar-refractivity contribution in [2.75, 3.05) is 33.5 Å². The van der Waals surface area contributed by atoms with Crippen molar-refractivity contribution in [3.63, 3.8) is 0 Å². The molecule has 0 amide bonds. The van der Waals surface area contributed by atoms with Crippen LogP contribution in [0.25, 0.3) is 0 Å². The van der Waals surface area contributed by atoms with E-state index in [1.165, 1.54) is 11.1 Å². The minimum absolute atomic E-state index is 0.279. The van der Waals surface area contributed by atoms with Crippen LogP contribution in [0.4, 0.5) is 0 Å². The van der Waals surface area contributed by atoms with E-state index in [9.17, 15) is 0 Å². The quantitative estimate of drug-likeness (QED) is 0.856. The molecule has 1 aliphatic heterocycles. The van der Waals surface area contributed by atoms with Crippen LogP contribution >= 0.6 is 0 Å². The molecule has 1 saturated heterocycles. The Morgan fingerprint density at radius 1 is 1.32 bits per heavy atom. The first-order chi connectivity index (χ1) is 9.31. The summed E-state index contributed by atoms with van der Waals surface area (Å²) in [5.41, 5.74) is 2.65. The summed E-state index contributed by atoms with van der Waals surface area (Å²) in [6, 6.07) is 8.77. The van der Waals surface area contributed by atoms with Crippen LogP contribution in [0, 0.1) is 12.8 Å². The summed E-state index contributed by atoms with van der Waals surface area (Å²) >= 11 is 0. The molecule has 3 nitrogen and oxygen atoms in total. The Labute approximate surface area is 116 Å². The number of ether oxygens (including phenoxy) is 2. The third-order valence-corrected chi connectivity index (χ3v) is 3.89. The molecular formula is C16H25NO2. The summed E-state index contributed by atoms with van der Waals surface area (Å²) in [4.78, 5) is 0. The SMILES string of the molecule is CNC(COCC1CCOCC1)c1ccccc1C. The van der Waals surface area contributed by atoms with Gasteiger partial charge in [0.25, 0.3) is 0 Å². The summed E-state index contributed by atoms with van der Waals surface area (Å²) in [6.07, 6.45) is 2.27. The highest BCUT2D eigenvalue weighted by Gasteiger charge is 2.16. The lowest BCUT2D eigenvalue weighted by Crippen LogP contribution is -2.26. The third kappa shape index (κ3) is 4.30. The summed E-state index contributed by atoms with van der Waals surface area (Å²) in [7, 11) is 1.99. The largest absolute Gasteiger partial charge is 0.381 e. The Hall–Kier alpha value is -0.900. The van der Waals surface area contributed by atoms with Gasteiger partial charge >= 0.3 is 0 Å². The van der Waals surface area contributed by atoms with Gasteiger partial charge in [-0.05, 0) is 43.9 Å². The molecule has 0 bridgehead atoms. The molecule has 0 spiro atoms. The Morgan fingerprint density at radius 3 is 2.74 bits per heavy atom. The molecule has 1 aliphatic rings. The van der Waals surface area contributed by atoms with Crippen LogP contribution in [0.2, 0.25) is 0 Å². The molecule has 3 heteroatoms. The molecule has 2 rings (SSSR count). The highest BCUT2D eigenvalue weighted by Crippen LogP contribution is 2.19. The van der Waals surface area contributed by atoms with Crippen LogP contribution in [0.1, 0.15) is 30.0 Å². The maximum Gasteiger partial charge on any atom is 0.0661 e. The minimum Gasteiger partial charge on any atom is -0.381 e. The molecule has 0 radical (unpaired) electrons. The molecule has 0 saturated carbocycles. The second kappa shape index (κ2) is 7.63. The number of nitrogens with one attached hydrogen (secondary N) is 1. The Balaban J connectivity index is 1.81. The summed E-state index contributed by atoms with van der Waals surface area (Å²) < 4.78 is 11.3. The van der Waals surface area contributed by atoms with Crippen molar-refractivity contribution in [2.24, 2.45) is 5.92 Å². The smallest absolute Gasteiger partial charge is 0.0661 e. The number of likely N-dealkylation sites (N-methyl/N-ethyl adjacent to an activating group) is 1. The molecule has 0 aromatic heterocycles. The molecule has 0 aliphatic carbocycles. The summed E-state index contributed by atoms with van der Waals surface area (Å²) in [6.45, 7) is 5.52. The first-order valence-electron chi connectivity index (χ1n) is 7.19. The minimum atomic E-state index is 0.279. The van der Waals surface area contributed by atoms with Crippen LogP contribution in [0.15, 0.2) is 24.3 Å². The zero-order valence-corrected chi connectivity index (χ0v) is 12.0. The molecule has 1 atom stereocenters. The molecular weight excluding hydrogens is 238 g/mol. The van der Waals surface area contributed by atoms with Gasteiger partial charge in [-0.2, -0.15) is 0 Å². The van der Waals surface area contributed by atoms with Gasteiger partial charge in [0.2, 0.25) is 0 Å². The molecule has 1 unspecified atom stereocenters. The van der Waals surface area contributed by atoms with E-state index in [2.05, 4.69) is 36.5 Å². The molecule has 1 fully saturated rings.